The molecule has 2 aliphatic rings. The number of hydrogen-bond donors (Lipinski definition) is 0. The second kappa shape index (κ2) is 8.60. The van der Waals surface area contributed by atoms with Crippen molar-refractivity contribution in [3.8, 4) is 0 Å². The molecule has 0 radical (unpaired) electrons. The molecule has 0 saturated carbocycles. The van der Waals surface area contributed by atoms with Crippen LogP contribution in [0, 0.1) is 0 Å². The molecular formula is C33H28N2O4. The van der Waals surface area contributed by atoms with E-state index in [9.17, 15) is 19.2 Å². The van der Waals surface area contributed by atoms with Gasteiger partial charge in [-0.1, -0.05) is 57.4 Å². The van der Waals surface area contributed by atoms with Crippen molar-refractivity contribution in [1.29, 1.82) is 0 Å². The first-order valence-corrected chi connectivity index (χ1v) is 13.9. The highest BCUT2D eigenvalue weighted by atomic mass is 16.2. The van der Waals surface area contributed by atoms with Gasteiger partial charge in [-0.05, 0) is 69.4 Å². The lowest BCUT2D eigenvalue weighted by Crippen LogP contribution is -2.41. The number of amides is 4. The van der Waals surface area contributed by atoms with Crippen LogP contribution in [-0.2, 0) is 0 Å². The third-order valence-electron chi connectivity index (χ3n) is 8.52. The summed E-state index contributed by atoms with van der Waals surface area (Å²) in [6.07, 6.45) is 4.42. The Morgan fingerprint density at radius 3 is 1.10 bits per heavy atom. The van der Waals surface area contributed by atoms with E-state index in [-0.39, 0.29) is 23.6 Å². The average Bonchev–Trinajstić information content (AvgIpc) is 2.95. The van der Waals surface area contributed by atoms with Gasteiger partial charge in [0.2, 0.25) is 0 Å². The molecule has 0 N–H and O–H groups in total. The van der Waals surface area contributed by atoms with E-state index in [2.05, 4.69) is 6.92 Å². The summed E-state index contributed by atoms with van der Waals surface area (Å²) in [6, 6.07) is 15.1. The van der Waals surface area contributed by atoms with Gasteiger partial charge in [-0.3, -0.25) is 29.0 Å². The second-order valence-electron chi connectivity index (χ2n) is 10.7. The standard InChI is InChI=1S/C33H28N2O4/c1-3-5-7-17-35-32(38)24-14-10-20-18-8-12-22-28-23(31(37)34(30(22)36)16-6-4-2)13-9-19(26(18)28)21-11-15-25(33(35)39)29(24)27(20)21/h8-15H,3-7,16-17H2,1-2H3. The molecule has 0 saturated heterocycles. The maximum atomic E-state index is 13.5. The average molecular weight is 517 g/mol. The Kier molecular flexibility index (Phi) is 5.24. The normalized spacial score (nSPS) is 15.2. The van der Waals surface area contributed by atoms with Crippen LogP contribution in [0.4, 0.5) is 0 Å². The molecule has 6 heteroatoms. The van der Waals surface area contributed by atoms with Crippen molar-refractivity contribution >= 4 is 66.7 Å². The van der Waals surface area contributed by atoms with Gasteiger partial charge in [0.15, 0.2) is 0 Å². The molecule has 2 heterocycles. The molecule has 0 spiro atoms. The Balaban J connectivity index is 1.51. The van der Waals surface area contributed by atoms with Gasteiger partial charge < -0.3 is 0 Å². The van der Waals surface area contributed by atoms with Crippen molar-refractivity contribution in [3.63, 3.8) is 0 Å². The molecule has 39 heavy (non-hydrogen) atoms. The van der Waals surface area contributed by atoms with Crippen LogP contribution < -0.4 is 0 Å². The van der Waals surface area contributed by atoms with Gasteiger partial charge in [-0.15, -0.1) is 0 Å². The largest absolute Gasteiger partial charge is 0.274 e. The molecule has 0 unspecified atom stereocenters. The molecule has 5 aromatic rings. The van der Waals surface area contributed by atoms with Crippen LogP contribution in [-0.4, -0.2) is 46.5 Å². The second-order valence-corrected chi connectivity index (χ2v) is 10.7. The predicted molar refractivity (Wildman–Crippen MR) is 153 cm³/mol. The Labute approximate surface area is 225 Å². The summed E-state index contributed by atoms with van der Waals surface area (Å²) in [4.78, 5) is 56.7. The van der Waals surface area contributed by atoms with Crippen molar-refractivity contribution in [2.45, 2.75) is 46.0 Å². The van der Waals surface area contributed by atoms with Crippen LogP contribution in [0.1, 0.15) is 87.4 Å². The van der Waals surface area contributed by atoms with Crippen molar-refractivity contribution in [3.05, 3.63) is 70.8 Å². The van der Waals surface area contributed by atoms with E-state index in [0.717, 1.165) is 64.4 Å². The van der Waals surface area contributed by atoms with E-state index in [0.29, 0.717) is 46.1 Å². The van der Waals surface area contributed by atoms with Gasteiger partial charge in [-0.25, -0.2) is 0 Å². The van der Waals surface area contributed by atoms with Gasteiger partial charge in [0.25, 0.3) is 23.6 Å². The van der Waals surface area contributed by atoms with Gasteiger partial charge in [0.05, 0.1) is 0 Å². The Bertz CT molecular complexity index is 1780. The number of carbonyl (C=O) groups excluding carboxylic acids is 4. The molecule has 0 aromatic heterocycles. The fourth-order valence-electron chi connectivity index (χ4n) is 6.61. The van der Waals surface area contributed by atoms with Crippen LogP contribution in [0.5, 0.6) is 0 Å². The first-order chi connectivity index (χ1) is 19.0. The maximum absolute atomic E-state index is 13.5. The van der Waals surface area contributed by atoms with Gasteiger partial charge in [-0.2, -0.15) is 0 Å². The lowest BCUT2D eigenvalue weighted by Gasteiger charge is -2.30. The highest BCUT2D eigenvalue weighted by Gasteiger charge is 2.36. The van der Waals surface area contributed by atoms with Gasteiger partial charge in [0, 0.05) is 46.1 Å². The summed E-state index contributed by atoms with van der Waals surface area (Å²) >= 11 is 0. The third-order valence-corrected chi connectivity index (χ3v) is 8.52. The number of nitrogens with zero attached hydrogens (tertiary/aromatic N) is 2. The fraction of sp³-hybridized carbons (Fsp3) is 0.273. The molecule has 4 amide bonds. The first-order valence-electron chi connectivity index (χ1n) is 13.9. The molecule has 5 aromatic carbocycles. The molecular weight excluding hydrogens is 488 g/mol. The zero-order chi connectivity index (χ0) is 27.0. The van der Waals surface area contributed by atoms with Crippen LogP contribution in [0.25, 0.3) is 43.1 Å². The minimum absolute atomic E-state index is 0.244. The Morgan fingerprint density at radius 1 is 0.436 bits per heavy atom. The van der Waals surface area contributed by atoms with Crippen LogP contribution in [0.3, 0.4) is 0 Å². The van der Waals surface area contributed by atoms with Gasteiger partial charge in [0.1, 0.15) is 0 Å². The van der Waals surface area contributed by atoms with Crippen molar-refractivity contribution in [2.24, 2.45) is 0 Å². The zero-order valence-electron chi connectivity index (χ0n) is 22.1. The summed E-state index contributed by atoms with van der Waals surface area (Å²) in [6.45, 7) is 4.96. The van der Waals surface area contributed by atoms with Crippen molar-refractivity contribution < 1.29 is 19.2 Å². The highest BCUT2D eigenvalue weighted by molar-refractivity contribution is 6.41. The lowest BCUT2D eigenvalue weighted by molar-refractivity contribution is 0.0593. The van der Waals surface area contributed by atoms with Crippen molar-refractivity contribution in [2.75, 3.05) is 13.1 Å². The number of rotatable bonds is 7. The number of benzene rings is 5. The topological polar surface area (TPSA) is 74.8 Å². The van der Waals surface area contributed by atoms with Crippen LogP contribution >= 0.6 is 0 Å². The minimum atomic E-state index is -0.250. The van der Waals surface area contributed by atoms with Crippen molar-refractivity contribution in [1.82, 2.24) is 9.80 Å². The smallest absolute Gasteiger partial charge is 0.261 e. The zero-order valence-corrected chi connectivity index (χ0v) is 22.1. The fourth-order valence-corrected chi connectivity index (χ4v) is 6.61. The summed E-state index contributed by atoms with van der Waals surface area (Å²) in [5, 5.41) is 6.81. The molecule has 6 nitrogen and oxygen atoms in total. The number of carbonyl (C=O) groups is 4. The lowest BCUT2D eigenvalue weighted by atomic mass is 9.82. The summed E-state index contributed by atoms with van der Waals surface area (Å²) in [5.74, 6) is -0.987. The molecule has 0 atom stereocenters. The number of hydrogen-bond acceptors (Lipinski definition) is 4. The van der Waals surface area contributed by atoms with E-state index in [4.69, 9.17) is 0 Å². The molecule has 2 aliphatic heterocycles. The number of unbranched alkanes of at least 4 members (excludes halogenated alkanes) is 3. The molecule has 7 rings (SSSR count). The summed E-state index contributed by atoms with van der Waals surface area (Å²) < 4.78 is 0. The SMILES string of the molecule is CCCCCN1C(=O)c2ccc3c4ccc5c6c(ccc(c7ccc(c2c37)C1=O)c64)C(=O)N(CCCC)C5=O. The predicted octanol–water partition coefficient (Wildman–Crippen LogP) is 6.92. The number of imide groups is 2. The van der Waals surface area contributed by atoms with Gasteiger partial charge >= 0.3 is 0 Å². The summed E-state index contributed by atoms with van der Waals surface area (Å²) in [7, 11) is 0. The van der Waals surface area contributed by atoms with E-state index in [1.54, 1.807) is 0 Å². The monoisotopic (exact) mass is 516 g/mol. The molecule has 194 valence electrons. The Hall–Kier alpha value is -4.32. The van der Waals surface area contributed by atoms with E-state index in [1.807, 2.05) is 55.5 Å². The van der Waals surface area contributed by atoms with Crippen LogP contribution in [0.2, 0.25) is 0 Å². The number of fused-ring (bicyclic) bond motifs is 2. The maximum Gasteiger partial charge on any atom is 0.261 e. The quantitative estimate of drug-likeness (QED) is 0.102. The molecule has 0 fully saturated rings. The highest BCUT2D eigenvalue weighted by Crippen LogP contribution is 2.46. The van der Waals surface area contributed by atoms with E-state index < -0.39 is 0 Å². The van der Waals surface area contributed by atoms with E-state index >= 15 is 0 Å². The molecule has 0 bridgehead atoms. The first kappa shape index (κ1) is 23.8. The summed E-state index contributed by atoms with van der Waals surface area (Å²) in [5.41, 5.74) is 2.19. The molecule has 0 aliphatic carbocycles. The van der Waals surface area contributed by atoms with E-state index in [1.165, 1.54) is 9.80 Å². The van der Waals surface area contributed by atoms with Crippen LogP contribution in [0.15, 0.2) is 48.5 Å². The third kappa shape index (κ3) is 3.08. The Morgan fingerprint density at radius 2 is 0.769 bits per heavy atom. The minimum Gasteiger partial charge on any atom is -0.274 e.